The van der Waals surface area contributed by atoms with Gasteiger partial charge >= 0.3 is 0 Å². The Morgan fingerprint density at radius 2 is 1.86 bits per heavy atom. The van der Waals surface area contributed by atoms with Crippen LogP contribution in [-0.4, -0.2) is 30.4 Å². The molecular weight excluding hydrogens is 396 g/mol. The molecule has 0 radical (unpaired) electrons. The first kappa shape index (κ1) is 19.8. The summed E-state index contributed by atoms with van der Waals surface area (Å²) in [5, 5.41) is 14.1. The summed E-state index contributed by atoms with van der Waals surface area (Å²) < 4.78 is 10.7. The average Bonchev–Trinajstić information content (AvgIpc) is 2.72. The van der Waals surface area contributed by atoms with E-state index in [0.29, 0.717) is 38.8 Å². The first-order valence-electron chi connectivity index (χ1n) is 8.20. The number of benzene rings is 2. The van der Waals surface area contributed by atoms with Crippen molar-refractivity contribution >= 4 is 34.9 Å². The van der Waals surface area contributed by atoms with Crippen molar-refractivity contribution in [3.8, 4) is 28.8 Å². The van der Waals surface area contributed by atoms with Crippen LogP contribution in [0, 0.1) is 11.3 Å². The number of hydrogen-bond donors (Lipinski definition) is 1. The van der Waals surface area contributed by atoms with E-state index < -0.39 is 0 Å². The van der Waals surface area contributed by atoms with Gasteiger partial charge in [0.05, 0.1) is 19.9 Å². The molecule has 0 aliphatic heterocycles. The minimum Gasteiger partial charge on any atom is -0.493 e. The molecule has 142 valence electrons. The van der Waals surface area contributed by atoms with Gasteiger partial charge in [-0.2, -0.15) is 5.26 Å². The second-order valence-corrected chi connectivity index (χ2v) is 6.81. The van der Waals surface area contributed by atoms with Gasteiger partial charge in [-0.05, 0) is 42.7 Å². The van der Waals surface area contributed by atoms with E-state index in [2.05, 4.69) is 21.4 Å². The molecule has 8 heteroatoms. The standard InChI is InChI=1S/C20H17ClN4O2S/c1-26-16-8-7-12(9-17(16)27-2)18-15(11-22)19(25-20(24-18)28-3)23-14-6-4-5-13(21)10-14/h4-10H,1-3H3,(H,23,24,25). The maximum absolute atomic E-state index is 9.83. The minimum absolute atomic E-state index is 0.324. The SMILES string of the molecule is COc1ccc(-c2nc(SC)nc(Nc3cccc(Cl)c3)c2C#N)cc1OC. The van der Waals surface area contributed by atoms with Crippen LogP contribution < -0.4 is 14.8 Å². The zero-order chi connectivity index (χ0) is 20.1. The van der Waals surface area contributed by atoms with E-state index in [9.17, 15) is 5.26 Å². The molecule has 0 unspecified atom stereocenters. The fourth-order valence-corrected chi connectivity index (χ4v) is 3.18. The molecule has 0 saturated heterocycles. The Labute approximate surface area is 172 Å². The Bertz CT molecular complexity index is 1050. The molecule has 28 heavy (non-hydrogen) atoms. The summed E-state index contributed by atoms with van der Waals surface area (Å²) in [6.07, 6.45) is 1.88. The van der Waals surface area contributed by atoms with E-state index >= 15 is 0 Å². The summed E-state index contributed by atoms with van der Waals surface area (Å²) in [5.74, 6) is 1.56. The van der Waals surface area contributed by atoms with Crippen molar-refractivity contribution in [2.45, 2.75) is 5.16 Å². The summed E-state index contributed by atoms with van der Waals surface area (Å²) in [6, 6.07) is 14.8. The molecule has 0 fully saturated rings. The molecule has 3 aromatic rings. The molecule has 0 atom stereocenters. The smallest absolute Gasteiger partial charge is 0.189 e. The van der Waals surface area contributed by atoms with Gasteiger partial charge < -0.3 is 14.8 Å². The van der Waals surface area contributed by atoms with Gasteiger partial charge in [0.25, 0.3) is 0 Å². The zero-order valence-electron chi connectivity index (χ0n) is 15.5. The first-order valence-corrected chi connectivity index (χ1v) is 9.81. The lowest BCUT2D eigenvalue weighted by Crippen LogP contribution is -2.03. The van der Waals surface area contributed by atoms with Crippen LogP contribution in [0.4, 0.5) is 11.5 Å². The second-order valence-electron chi connectivity index (χ2n) is 5.60. The third-order valence-electron chi connectivity index (χ3n) is 3.93. The Morgan fingerprint density at radius 1 is 1.07 bits per heavy atom. The lowest BCUT2D eigenvalue weighted by Gasteiger charge is -2.14. The molecule has 0 bridgehead atoms. The highest BCUT2D eigenvalue weighted by atomic mass is 35.5. The summed E-state index contributed by atoms with van der Waals surface area (Å²) in [7, 11) is 3.13. The van der Waals surface area contributed by atoms with E-state index in [-0.39, 0.29) is 0 Å². The number of methoxy groups -OCH3 is 2. The van der Waals surface area contributed by atoms with Crippen molar-refractivity contribution in [3.63, 3.8) is 0 Å². The van der Waals surface area contributed by atoms with Gasteiger partial charge in [0.1, 0.15) is 11.6 Å². The van der Waals surface area contributed by atoms with Crippen molar-refractivity contribution in [2.24, 2.45) is 0 Å². The molecule has 0 spiro atoms. The summed E-state index contributed by atoms with van der Waals surface area (Å²) in [6.45, 7) is 0. The molecule has 6 nitrogen and oxygen atoms in total. The summed E-state index contributed by atoms with van der Waals surface area (Å²) in [5.41, 5.74) is 2.28. The average molecular weight is 413 g/mol. The van der Waals surface area contributed by atoms with Crippen LogP contribution in [0.3, 0.4) is 0 Å². The van der Waals surface area contributed by atoms with Gasteiger partial charge in [0.15, 0.2) is 22.5 Å². The fraction of sp³-hybridized carbons (Fsp3) is 0.150. The fourth-order valence-electron chi connectivity index (χ4n) is 2.62. The van der Waals surface area contributed by atoms with Crippen molar-refractivity contribution in [3.05, 3.63) is 53.1 Å². The third-order valence-corrected chi connectivity index (χ3v) is 4.71. The number of halogens is 1. The van der Waals surface area contributed by atoms with E-state index in [1.807, 2.05) is 24.5 Å². The number of anilines is 2. The first-order chi connectivity index (χ1) is 13.6. The maximum atomic E-state index is 9.83. The van der Waals surface area contributed by atoms with Crippen LogP contribution in [0.5, 0.6) is 11.5 Å². The summed E-state index contributed by atoms with van der Waals surface area (Å²) >= 11 is 7.45. The van der Waals surface area contributed by atoms with E-state index in [4.69, 9.17) is 21.1 Å². The predicted molar refractivity (Wildman–Crippen MR) is 112 cm³/mol. The monoisotopic (exact) mass is 412 g/mol. The van der Waals surface area contributed by atoms with Crippen LogP contribution in [-0.2, 0) is 0 Å². The highest BCUT2D eigenvalue weighted by Crippen LogP contribution is 2.35. The summed E-state index contributed by atoms with van der Waals surface area (Å²) in [4.78, 5) is 9.02. The van der Waals surface area contributed by atoms with Gasteiger partial charge in [0.2, 0.25) is 0 Å². The number of nitrogens with one attached hydrogen (secondary N) is 1. The molecule has 1 heterocycles. The van der Waals surface area contributed by atoms with Crippen LogP contribution in [0.25, 0.3) is 11.3 Å². The van der Waals surface area contributed by atoms with E-state index in [0.717, 1.165) is 11.3 Å². The molecule has 3 rings (SSSR count). The predicted octanol–water partition coefficient (Wildman–Crippen LogP) is 5.15. The molecule has 0 aliphatic carbocycles. The van der Waals surface area contributed by atoms with Gasteiger partial charge in [0, 0.05) is 16.3 Å². The number of thioether (sulfide) groups is 1. The molecule has 1 aromatic heterocycles. The van der Waals surface area contributed by atoms with Crippen LogP contribution in [0.15, 0.2) is 47.6 Å². The van der Waals surface area contributed by atoms with Crippen molar-refractivity contribution in [1.82, 2.24) is 9.97 Å². The quantitative estimate of drug-likeness (QED) is 0.442. The van der Waals surface area contributed by atoms with E-state index in [1.165, 1.54) is 11.8 Å². The van der Waals surface area contributed by atoms with Crippen molar-refractivity contribution < 1.29 is 9.47 Å². The van der Waals surface area contributed by atoms with Crippen molar-refractivity contribution in [1.29, 1.82) is 5.26 Å². The van der Waals surface area contributed by atoms with E-state index in [1.54, 1.807) is 38.5 Å². The molecule has 0 saturated carbocycles. The third kappa shape index (κ3) is 4.14. The number of rotatable bonds is 6. The minimum atomic E-state index is 0.324. The lowest BCUT2D eigenvalue weighted by molar-refractivity contribution is 0.355. The largest absolute Gasteiger partial charge is 0.493 e. The molecule has 0 aliphatic rings. The number of aromatic nitrogens is 2. The van der Waals surface area contributed by atoms with Crippen LogP contribution in [0.2, 0.25) is 5.02 Å². The van der Waals surface area contributed by atoms with Crippen molar-refractivity contribution in [2.75, 3.05) is 25.8 Å². The second kappa shape index (κ2) is 8.83. The number of nitrogens with zero attached hydrogens (tertiary/aromatic N) is 3. The molecule has 0 amide bonds. The van der Waals surface area contributed by atoms with Gasteiger partial charge in [-0.15, -0.1) is 0 Å². The number of ether oxygens (including phenoxy) is 2. The Morgan fingerprint density at radius 3 is 2.50 bits per heavy atom. The lowest BCUT2D eigenvalue weighted by atomic mass is 10.1. The zero-order valence-corrected chi connectivity index (χ0v) is 17.1. The normalized spacial score (nSPS) is 10.2. The highest BCUT2D eigenvalue weighted by molar-refractivity contribution is 7.98. The maximum Gasteiger partial charge on any atom is 0.189 e. The number of nitriles is 1. The molecule has 2 aromatic carbocycles. The van der Waals surface area contributed by atoms with Gasteiger partial charge in [-0.1, -0.05) is 29.4 Å². The Balaban J connectivity index is 2.15. The van der Waals surface area contributed by atoms with Gasteiger partial charge in [-0.25, -0.2) is 9.97 Å². The highest BCUT2D eigenvalue weighted by Gasteiger charge is 2.18. The number of hydrogen-bond acceptors (Lipinski definition) is 7. The Kier molecular flexibility index (Phi) is 6.24. The molecule has 1 N–H and O–H groups in total. The molecular formula is C20H17ClN4O2S. The van der Waals surface area contributed by atoms with Gasteiger partial charge in [-0.3, -0.25) is 0 Å². The Hall–Kier alpha value is -2.95. The van der Waals surface area contributed by atoms with Crippen LogP contribution >= 0.6 is 23.4 Å². The van der Waals surface area contributed by atoms with Crippen LogP contribution in [0.1, 0.15) is 5.56 Å². The topological polar surface area (TPSA) is 80.1 Å².